The highest BCUT2D eigenvalue weighted by Crippen LogP contribution is 1.88. The third-order valence-corrected chi connectivity index (χ3v) is 1.73. The number of carbonyl (C=O) groups excluding carboxylic acids is 3. The lowest BCUT2D eigenvalue weighted by Crippen LogP contribution is -2.30. The number of carbonyl (C=O) groups is 3. The molecule has 0 unspecified atom stereocenters. The van der Waals surface area contributed by atoms with Crippen LogP contribution in [0.1, 0.15) is 0 Å². The van der Waals surface area contributed by atoms with Crippen molar-refractivity contribution < 1.29 is 23.9 Å². The van der Waals surface area contributed by atoms with Gasteiger partial charge in [-0.25, -0.2) is 9.59 Å². The summed E-state index contributed by atoms with van der Waals surface area (Å²) in [4.78, 5) is 33.3. The molecule has 0 aromatic carbocycles. The molecule has 0 bridgehead atoms. The van der Waals surface area contributed by atoms with Crippen LogP contribution < -0.4 is 0 Å². The lowest BCUT2D eigenvalue weighted by atomic mass is 10.5. The Morgan fingerprint density at radius 1 is 1.00 bits per heavy atom. The summed E-state index contributed by atoms with van der Waals surface area (Å²) in [6.45, 7) is 7.06. The van der Waals surface area contributed by atoms with E-state index >= 15 is 0 Å². The average molecular weight is 241 g/mol. The van der Waals surface area contributed by atoms with Crippen molar-refractivity contribution in [1.82, 2.24) is 4.90 Å². The number of hydrogen-bond acceptors (Lipinski definition) is 5. The predicted molar refractivity (Wildman–Crippen MR) is 59.9 cm³/mol. The molecule has 6 heteroatoms. The summed E-state index contributed by atoms with van der Waals surface area (Å²) in [6, 6.07) is 0. The van der Waals surface area contributed by atoms with Crippen LogP contribution in [0.2, 0.25) is 0 Å². The largest absolute Gasteiger partial charge is 0.461 e. The van der Waals surface area contributed by atoms with E-state index in [-0.39, 0.29) is 26.3 Å². The van der Waals surface area contributed by atoms with Gasteiger partial charge in [0, 0.05) is 12.2 Å². The minimum atomic E-state index is -0.547. The quantitative estimate of drug-likeness (QED) is 0.320. The zero-order chi connectivity index (χ0) is 13.1. The molecule has 0 aromatic heterocycles. The van der Waals surface area contributed by atoms with Gasteiger partial charge in [-0.3, -0.25) is 4.79 Å². The first-order valence-corrected chi connectivity index (χ1v) is 4.91. The number of esters is 2. The second kappa shape index (κ2) is 9.14. The zero-order valence-corrected chi connectivity index (χ0v) is 9.46. The Labute approximate surface area is 99.5 Å². The van der Waals surface area contributed by atoms with E-state index in [4.69, 9.17) is 9.47 Å². The minimum Gasteiger partial charge on any atom is -0.461 e. The van der Waals surface area contributed by atoms with Crippen LogP contribution in [0.15, 0.2) is 25.3 Å². The van der Waals surface area contributed by atoms with E-state index in [9.17, 15) is 14.4 Å². The van der Waals surface area contributed by atoms with Crippen molar-refractivity contribution in [2.75, 3.05) is 26.3 Å². The molecule has 0 saturated carbocycles. The van der Waals surface area contributed by atoms with Crippen molar-refractivity contribution in [3.63, 3.8) is 0 Å². The highest BCUT2D eigenvalue weighted by molar-refractivity contribution is 5.81. The standard InChI is InChI=1S/C11H15NO5/c1-3-10(14)16-7-5-12(9-13)6-8-17-11(15)4-2/h3-4,9H,1-2,5-8H2. The Hall–Kier alpha value is -2.11. The second-order valence-corrected chi connectivity index (χ2v) is 2.88. The predicted octanol–water partition coefficient (Wildman–Crippen LogP) is -0.0968. The first kappa shape index (κ1) is 14.9. The monoisotopic (exact) mass is 241 g/mol. The normalized spacial score (nSPS) is 8.94. The van der Waals surface area contributed by atoms with E-state index in [2.05, 4.69) is 13.2 Å². The summed E-state index contributed by atoms with van der Waals surface area (Å²) in [7, 11) is 0. The number of amides is 1. The fourth-order valence-corrected chi connectivity index (χ4v) is 0.862. The maximum Gasteiger partial charge on any atom is 0.330 e. The van der Waals surface area contributed by atoms with Crippen molar-refractivity contribution in [3.8, 4) is 0 Å². The highest BCUT2D eigenvalue weighted by Gasteiger charge is 2.04. The van der Waals surface area contributed by atoms with Gasteiger partial charge in [0.2, 0.25) is 6.41 Å². The maximum atomic E-state index is 10.7. The molecule has 0 N–H and O–H groups in total. The van der Waals surface area contributed by atoms with Gasteiger partial charge in [0.15, 0.2) is 0 Å². The van der Waals surface area contributed by atoms with Crippen LogP contribution in [-0.2, 0) is 23.9 Å². The van der Waals surface area contributed by atoms with E-state index in [0.717, 1.165) is 12.2 Å². The molecule has 94 valence electrons. The molecule has 0 aliphatic heterocycles. The Kier molecular flexibility index (Phi) is 8.01. The molecule has 0 fully saturated rings. The third-order valence-electron chi connectivity index (χ3n) is 1.73. The summed E-state index contributed by atoms with van der Waals surface area (Å²) in [5.41, 5.74) is 0. The molecule has 0 aliphatic carbocycles. The molecular formula is C11H15NO5. The van der Waals surface area contributed by atoms with Gasteiger partial charge in [0.1, 0.15) is 13.2 Å². The molecule has 0 spiro atoms. The number of nitrogens with zero attached hydrogens (tertiary/aromatic N) is 1. The maximum absolute atomic E-state index is 10.7. The lowest BCUT2D eigenvalue weighted by molar-refractivity contribution is -0.140. The second-order valence-electron chi connectivity index (χ2n) is 2.88. The van der Waals surface area contributed by atoms with Crippen LogP contribution in [0.4, 0.5) is 0 Å². The summed E-state index contributed by atoms with van der Waals surface area (Å²) >= 11 is 0. The molecule has 0 aromatic rings. The first-order chi connectivity index (χ1) is 8.13. The van der Waals surface area contributed by atoms with Crippen LogP contribution in [0.5, 0.6) is 0 Å². The molecule has 0 rings (SSSR count). The van der Waals surface area contributed by atoms with Crippen molar-refractivity contribution in [1.29, 1.82) is 0 Å². The number of rotatable bonds is 9. The Balaban J connectivity index is 3.72. The summed E-state index contributed by atoms with van der Waals surface area (Å²) < 4.78 is 9.38. The van der Waals surface area contributed by atoms with Gasteiger partial charge >= 0.3 is 11.9 Å². The van der Waals surface area contributed by atoms with Gasteiger partial charge in [-0.05, 0) is 0 Å². The Morgan fingerprint density at radius 2 is 1.41 bits per heavy atom. The smallest absolute Gasteiger partial charge is 0.330 e. The van der Waals surface area contributed by atoms with E-state index in [1.165, 1.54) is 4.90 Å². The van der Waals surface area contributed by atoms with E-state index in [1.807, 2.05) is 0 Å². The molecule has 0 heterocycles. The molecule has 1 amide bonds. The van der Waals surface area contributed by atoms with Crippen molar-refractivity contribution in [3.05, 3.63) is 25.3 Å². The van der Waals surface area contributed by atoms with Crippen LogP contribution in [0.3, 0.4) is 0 Å². The van der Waals surface area contributed by atoms with Crippen LogP contribution >= 0.6 is 0 Å². The average Bonchev–Trinajstić information content (AvgIpc) is 2.36. The van der Waals surface area contributed by atoms with Gasteiger partial charge in [0.25, 0.3) is 0 Å². The van der Waals surface area contributed by atoms with Gasteiger partial charge < -0.3 is 14.4 Å². The molecule has 6 nitrogen and oxygen atoms in total. The molecule has 0 saturated heterocycles. The Morgan fingerprint density at radius 3 is 1.71 bits per heavy atom. The van der Waals surface area contributed by atoms with Crippen molar-refractivity contribution in [2.24, 2.45) is 0 Å². The number of ether oxygens (including phenoxy) is 2. The van der Waals surface area contributed by atoms with E-state index < -0.39 is 11.9 Å². The summed E-state index contributed by atoms with van der Waals surface area (Å²) in [6.07, 6.45) is 2.66. The lowest BCUT2D eigenvalue weighted by Gasteiger charge is -2.16. The summed E-state index contributed by atoms with van der Waals surface area (Å²) in [5.74, 6) is -1.09. The fourth-order valence-electron chi connectivity index (χ4n) is 0.862. The topological polar surface area (TPSA) is 72.9 Å². The fraction of sp³-hybridized carbons (Fsp3) is 0.364. The zero-order valence-electron chi connectivity index (χ0n) is 9.46. The van der Waals surface area contributed by atoms with Crippen LogP contribution in [0.25, 0.3) is 0 Å². The molecular weight excluding hydrogens is 226 g/mol. The minimum absolute atomic E-state index is 0.0685. The van der Waals surface area contributed by atoms with Crippen molar-refractivity contribution >= 4 is 18.3 Å². The molecule has 0 radical (unpaired) electrons. The molecule has 0 atom stereocenters. The van der Waals surface area contributed by atoms with Crippen LogP contribution in [0, 0.1) is 0 Å². The first-order valence-electron chi connectivity index (χ1n) is 4.91. The molecule has 17 heavy (non-hydrogen) atoms. The molecule has 0 aliphatic rings. The number of hydrogen-bond donors (Lipinski definition) is 0. The van der Waals surface area contributed by atoms with E-state index in [0.29, 0.717) is 6.41 Å². The van der Waals surface area contributed by atoms with E-state index in [1.54, 1.807) is 0 Å². The SMILES string of the molecule is C=CC(=O)OCCN(C=O)CCOC(=O)C=C. The van der Waals surface area contributed by atoms with Crippen molar-refractivity contribution in [2.45, 2.75) is 0 Å². The van der Waals surface area contributed by atoms with Gasteiger partial charge in [-0.2, -0.15) is 0 Å². The highest BCUT2D eigenvalue weighted by atomic mass is 16.5. The van der Waals surface area contributed by atoms with Gasteiger partial charge in [0.05, 0.1) is 13.1 Å². The Bertz CT molecular complexity index is 274. The van der Waals surface area contributed by atoms with Crippen LogP contribution in [-0.4, -0.2) is 49.6 Å². The third kappa shape index (κ3) is 7.78. The van der Waals surface area contributed by atoms with Gasteiger partial charge in [-0.1, -0.05) is 13.2 Å². The van der Waals surface area contributed by atoms with Gasteiger partial charge in [-0.15, -0.1) is 0 Å². The summed E-state index contributed by atoms with van der Waals surface area (Å²) in [5, 5.41) is 0.